The van der Waals surface area contributed by atoms with Gasteiger partial charge in [0.25, 0.3) is 0 Å². The fourth-order valence-corrected chi connectivity index (χ4v) is 11.9. The van der Waals surface area contributed by atoms with Crippen LogP contribution >= 0.6 is 36.7 Å². The average Bonchev–Trinajstić information content (AvgIpc) is 2.77. The first kappa shape index (κ1) is 19.6. The molecule has 0 aliphatic rings. The van der Waals surface area contributed by atoms with E-state index in [0.717, 1.165) is 10.6 Å². The molecule has 0 heterocycles. The van der Waals surface area contributed by atoms with Crippen molar-refractivity contribution >= 4 is 52.6 Å². The van der Waals surface area contributed by atoms with Crippen molar-refractivity contribution in [3.8, 4) is 0 Å². The number of benzene rings is 4. The second-order valence-corrected chi connectivity index (χ2v) is 16.8. The summed E-state index contributed by atoms with van der Waals surface area (Å²) in [4.78, 5) is 0. The summed E-state index contributed by atoms with van der Waals surface area (Å²) in [6.45, 7) is 0. The van der Waals surface area contributed by atoms with E-state index in [9.17, 15) is 0 Å². The molecule has 0 aliphatic heterocycles. The molecular weight excluding hydrogens is 491 g/mol. The molecular formula is C25H21Br2P. The zero-order chi connectivity index (χ0) is 19.5. The summed E-state index contributed by atoms with van der Waals surface area (Å²) in [5.74, 6) is 0. The van der Waals surface area contributed by atoms with Crippen LogP contribution in [0.4, 0.5) is 0 Å². The van der Waals surface area contributed by atoms with Gasteiger partial charge in [-0.2, -0.15) is 0 Å². The third-order valence-electron chi connectivity index (χ3n) is 5.28. The normalized spacial score (nSPS) is 12.9. The molecule has 0 atom stereocenters. The molecule has 0 bridgehead atoms. The first-order valence-electron chi connectivity index (χ1n) is 9.25. The Bertz CT molecular complexity index is 947. The van der Waals surface area contributed by atoms with Gasteiger partial charge in [0.1, 0.15) is 0 Å². The molecule has 0 radical (unpaired) electrons. The van der Waals surface area contributed by atoms with E-state index in [4.69, 9.17) is 0 Å². The Hall–Kier alpha value is -1.73. The molecule has 0 amide bonds. The van der Waals surface area contributed by atoms with Crippen LogP contribution in [0.5, 0.6) is 0 Å². The van der Waals surface area contributed by atoms with Crippen LogP contribution in [0.15, 0.2) is 120 Å². The van der Waals surface area contributed by atoms with Crippen molar-refractivity contribution in [3.05, 3.63) is 125 Å². The maximum atomic E-state index is 4.49. The van der Waals surface area contributed by atoms with E-state index < -0.39 is 5.31 Å². The van der Waals surface area contributed by atoms with Crippen LogP contribution in [-0.2, 0) is 6.16 Å². The predicted octanol–water partition coefficient (Wildman–Crippen LogP) is 6.79. The third kappa shape index (κ3) is 3.39. The van der Waals surface area contributed by atoms with E-state index in [0.29, 0.717) is 0 Å². The molecule has 0 nitrogen and oxygen atoms in total. The van der Waals surface area contributed by atoms with Gasteiger partial charge in [0.15, 0.2) is 0 Å². The fraction of sp³-hybridized carbons (Fsp3) is 0.0400. The van der Waals surface area contributed by atoms with Crippen molar-refractivity contribution < 1.29 is 0 Å². The quantitative estimate of drug-likeness (QED) is 0.259. The second kappa shape index (κ2) is 7.95. The van der Waals surface area contributed by atoms with Gasteiger partial charge in [-0.3, -0.25) is 0 Å². The van der Waals surface area contributed by atoms with Crippen LogP contribution in [0.25, 0.3) is 0 Å². The molecule has 0 spiro atoms. The monoisotopic (exact) mass is 510 g/mol. The van der Waals surface area contributed by atoms with Crippen LogP contribution in [0.3, 0.4) is 0 Å². The standard InChI is InChI=1S/C25H21Br2P/c26-22-18-16-21(17-19-22)20-28(27,23-10-4-1-5-11-23,24-12-6-2-7-13-24)25-14-8-3-9-15-25/h1-19H,20H2. The molecule has 0 unspecified atom stereocenters. The Balaban J connectivity index is 2.07. The van der Waals surface area contributed by atoms with Gasteiger partial charge in [0, 0.05) is 0 Å². The summed E-state index contributed by atoms with van der Waals surface area (Å²) < 4.78 is 1.10. The van der Waals surface area contributed by atoms with Gasteiger partial charge >= 0.3 is 184 Å². The van der Waals surface area contributed by atoms with E-state index in [1.165, 1.54) is 21.5 Å². The summed E-state index contributed by atoms with van der Waals surface area (Å²) in [6, 6.07) is 41.5. The molecule has 4 rings (SSSR count). The maximum absolute atomic E-state index is 4.49. The molecule has 3 heteroatoms. The molecule has 4 aromatic carbocycles. The van der Waals surface area contributed by atoms with Crippen molar-refractivity contribution in [2.75, 3.05) is 0 Å². The molecule has 0 saturated carbocycles. The zero-order valence-corrected chi connectivity index (χ0v) is 19.4. The number of rotatable bonds is 5. The molecule has 0 aliphatic carbocycles. The summed E-state index contributed by atoms with van der Waals surface area (Å²) in [5, 5.41) is 1.12. The van der Waals surface area contributed by atoms with Crippen LogP contribution in [0, 0.1) is 0 Å². The first-order chi connectivity index (χ1) is 13.6. The van der Waals surface area contributed by atoms with Crippen molar-refractivity contribution in [2.24, 2.45) is 0 Å². The SMILES string of the molecule is Brc1ccc(CP(Br)(c2ccccc2)(c2ccccc2)c2ccccc2)cc1. The summed E-state index contributed by atoms with van der Waals surface area (Å²) >= 11 is 8.06. The second-order valence-electron chi connectivity index (χ2n) is 6.97. The Morgan fingerprint density at radius 2 is 0.857 bits per heavy atom. The van der Waals surface area contributed by atoms with Crippen molar-refractivity contribution in [1.29, 1.82) is 0 Å². The van der Waals surface area contributed by atoms with Gasteiger partial charge in [-0.25, -0.2) is 0 Å². The van der Waals surface area contributed by atoms with Gasteiger partial charge < -0.3 is 0 Å². The summed E-state index contributed by atoms with van der Waals surface area (Å²) in [5.41, 5.74) is 1.31. The van der Waals surface area contributed by atoms with Crippen molar-refractivity contribution in [3.63, 3.8) is 0 Å². The molecule has 4 aromatic rings. The van der Waals surface area contributed by atoms with Crippen LogP contribution < -0.4 is 15.9 Å². The molecule has 0 saturated heterocycles. The van der Waals surface area contributed by atoms with E-state index in [1.807, 2.05) is 0 Å². The predicted molar refractivity (Wildman–Crippen MR) is 132 cm³/mol. The van der Waals surface area contributed by atoms with Gasteiger partial charge in [0.05, 0.1) is 0 Å². The Labute approximate surface area is 183 Å². The topological polar surface area (TPSA) is 0 Å². The summed E-state index contributed by atoms with van der Waals surface area (Å²) in [7, 11) is 0. The average molecular weight is 512 g/mol. The number of halogens is 2. The van der Waals surface area contributed by atoms with E-state index in [2.05, 4.69) is 147 Å². The van der Waals surface area contributed by atoms with Gasteiger partial charge in [0.2, 0.25) is 0 Å². The van der Waals surface area contributed by atoms with Crippen LogP contribution in [-0.4, -0.2) is 0 Å². The molecule has 0 aromatic heterocycles. The van der Waals surface area contributed by atoms with Gasteiger partial charge in [-0.1, -0.05) is 0 Å². The van der Waals surface area contributed by atoms with Crippen molar-refractivity contribution in [1.82, 2.24) is 0 Å². The molecule has 140 valence electrons. The number of hydrogen-bond acceptors (Lipinski definition) is 0. The van der Waals surface area contributed by atoms with Crippen molar-refractivity contribution in [2.45, 2.75) is 6.16 Å². The minimum atomic E-state index is -2.90. The minimum absolute atomic E-state index is 0.914. The van der Waals surface area contributed by atoms with E-state index in [1.54, 1.807) is 0 Å². The van der Waals surface area contributed by atoms with Crippen LogP contribution in [0.2, 0.25) is 0 Å². The molecule has 28 heavy (non-hydrogen) atoms. The number of hydrogen-bond donors (Lipinski definition) is 0. The van der Waals surface area contributed by atoms with Crippen LogP contribution in [0.1, 0.15) is 5.56 Å². The Kier molecular flexibility index (Phi) is 5.56. The Morgan fingerprint density at radius 3 is 1.21 bits per heavy atom. The summed E-state index contributed by atoms with van der Waals surface area (Å²) in [6.07, 6.45) is 0.914. The van der Waals surface area contributed by atoms with E-state index >= 15 is 0 Å². The Morgan fingerprint density at radius 1 is 0.500 bits per heavy atom. The third-order valence-corrected chi connectivity index (χ3v) is 15.3. The van der Waals surface area contributed by atoms with Gasteiger partial charge in [-0.15, -0.1) is 0 Å². The fourth-order valence-electron chi connectivity index (χ4n) is 3.87. The molecule has 0 fully saturated rings. The zero-order valence-electron chi connectivity index (χ0n) is 15.4. The van der Waals surface area contributed by atoms with Gasteiger partial charge in [-0.05, 0) is 0 Å². The first-order valence-corrected chi connectivity index (χ1v) is 14.5. The van der Waals surface area contributed by atoms with E-state index in [-0.39, 0.29) is 0 Å². The molecule has 0 N–H and O–H groups in total.